The number of aliphatic hydroxyl groups excluding tert-OH is 2. The molecule has 0 amide bonds. The van der Waals surface area contributed by atoms with Crippen LogP contribution in [0.3, 0.4) is 0 Å². The van der Waals surface area contributed by atoms with E-state index in [1.807, 2.05) is 0 Å². The van der Waals surface area contributed by atoms with Gasteiger partial charge >= 0.3 is 29.1 Å². The molecule has 21 heteroatoms. The Bertz CT molecular complexity index is 1330. The lowest BCUT2D eigenvalue weighted by Crippen LogP contribution is -2.46. The van der Waals surface area contributed by atoms with Crippen LogP contribution < -0.4 is 9.58 Å². The Balaban J connectivity index is 1.52. The van der Waals surface area contributed by atoms with E-state index in [-0.39, 0.29) is 0 Å². The average molecular weight is 560 g/mol. The van der Waals surface area contributed by atoms with Crippen molar-refractivity contribution >= 4 is 46.2 Å². The van der Waals surface area contributed by atoms with Gasteiger partial charge in [-0.2, -0.15) is 8.62 Å². The maximum absolute atomic E-state index is 11.9. The SMILES string of the molecule is CC1=NN(C)c2ccnc3c2n1c[n+]3C1OC(COP(=O)(O)OP(=O)(O)OP(=O)(O)O)C(O)C1O. The van der Waals surface area contributed by atoms with Crippen molar-refractivity contribution in [2.45, 2.75) is 31.5 Å². The summed E-state index contributed by atoms with van der Waals surface area (Å²) in [6.07, 6.45) is -2.83. The van der Waals surface area contributed by atoms with Gasteiger partial charge in [0.15, 0.2) is 12.2 Å². The average Bonchev–Trinajstić information content (AvgIpc) is 3.21. The number of hydrogen-bond donors (Lipinski definition) is 6. The smallest absolute Gasteiger partial charge is 0.387 e. The minimum atomic E-state index is -5.71. The molecule has 1 saturated heterocycles. The lowest BCUT2D eigenvalue weighted by Gasteiger charge is -2.18. The molecule has 18 nitrogen and oxygen atoms in total. The van der Waals surface area contributed by atoms with Gasteiger partial charge in [0.2, 0.25) is 11.7 Å². The second-order valence-corrected chi connectivity index (χ2v) is 11.9. The molecular weight excluding hydrogens is 539 g/mol. The highest BCUT2D eigenvalue weighted by Crippen LogP contribution is 2.66. The Labute approximate surface area is 196 Å². The van der Waals surface area contributed by atoms with Crippen LogP contribution in [-0.4, -0.2) is 77.1 Å². The number of hydrazone groups is 1. The molecular formula is C14H21N5O13P3+. The Kier molecular flexibility index (Phi) is 6.83. The van der Waals surface area contributed by atoms with E-state index in [1.165, 1.54) is 10.8 Å². The summed E-state index contributed by atoms with van der Waals surface area (Å²) in [5.41, 5.74) is 1.72. The highest BCUT2D eigenvalue weighted by atomic mass is 31.3. The molecule has 2 aliphatic rings. The number of pyridine rings is 1. The van der Waals surface area contributed by atoms with Gasteiger partial charge in [0.05, 0.1) is 6.61 Å². The van der Waals surface area contributed by atoms with Crippen LogP contribution in [0.25, 0.3) is 11.2 Å². The van der Waals surface area contributed by atoms with Crippen LogP contribution >= 0.6 is 23.5 Å². The Morgan fingerprint density at radius 3 is 2.46 bits per heavy atom. The minimum Gasteiger partial charge on any atom is -0.387 e. The first-order valence-corrected chi connectivity index (χ1v) is 14.1. The van der Waals surface area contributed by atoms with Crippen molar-refractivity contribution in [2.75, 3.05) is 18.7 Å². The van der Waals surface area contributed by atoms with Gasteiger partial charge in [-0.3, -0.25) is 9.53 Å². The van der Waals surface area contributed by atoms with E-state index in [0.717, 1.165) is 0 Å². The molecule has 0 bridgehead atoms. The van der Waals surface area contributed by atoms with E-state index in [0.29, 0.717) is 22.7 Å². The third-order valence-corrected chi connectivity index (χ3v) is 8.83. The molecule has 2 aromatic heterocycles. The van der Waals surface area contributed by atoms with Gasteiger partial charge in [-0.1, -0.05) is 0 Å². The first kappa shape index (κ1) is 26.4. The third-order valence-electron chi connectivity index (χ3n) is 5.03. The van der Waals surface area contributed by atoms with Crippen LogP contribution in [0.15, 0.2) is 23.7 Å². The predicted octanol–water partition coefficient (Wildman–Crippen LogP) is -1.08. The lowest BCUT2D eigenvalue weighted by molar-refractivity contribution is -0.745. The summed E-state index contributed by atoms with van der Waals surface area (Å²) in [5.74, 6) is 0.578. The maximum atomic E-state index is 11.9. The number of aromatic nitrogens is 3. The van der Waals surface area contributed by atoms with Gasteiger partial charge in [0.25, 0.3) is 0 Å². The van der Waals surface area contributed by atoms with E-state index >= 15 is 0 Å². The number of aliphatic hydroxyl groups is 2. The number of nitrogens with zero attached hydrogens (tertiary/aromatic N) is 5. The van der Waals surface area contributed by atoms with E-state index < -0.39 is 54.6 Å². The molecule has 4 heterocycles. The highest BCUT2D eigenvalue weighted by Gasteiger charge is 2.49. The normalized spacial score (nSPS) is 28.1. The summed E-state index contributed by atoms with van der Waals surface area (Å²) in [7, 11) is -15.0. The summed E-state index contributed by atoms with van der Waals surface area (Å²) >= 11 is 0. The summed E-state index contributed by atoms with van der Waals surface area (Å²) < 4.78 is 54.6. The van der Waals surface area contributed by atoms with Crippen molar-refractivity contribution in [3.05, 3.63) is 18.6 Å². The van der Waals surface area contributed by atoms with Crippen LogP contribution in [0.5, 0.6) is 0 Å². The molecule has 4 rings (SSSR count). The van der Waals surface area contributed by atoms with E-state index in [2.05, 4.69) is 23.2 Å². The number of phosphoric ester groups is 1. The van der Waals surface area contributed by atoms with Crippen molar-refractivity contribution in [3.8, 4) is 0 Å². The molecule has 6 atom stereocenters. The van der Waals surface area contributed by atoms with Gasteiger partial charge in [-0.25, -0.2) is 22.8 Å². The molecule has 0 radical (unpaired) electrons. The second-order valence-electron chi connectivity index (χ2n) is 7.50. The summed E-state index contributed by atoms with van der Waals surface area (Å²) in [6.45, 7) is 0.808. The van der Waals surface area contributed by atoms with Gasteiger partial charge in [-0.05, 0) is 0 Å². The maximum Gasteiger partial charge on any atom is 0.490 e. The van der Waals surface area contributed by atoms with Crippen LogP contribution in [0.2, 0.25) is 0 Å². The van der Waals surface area contributed by atoms with Crippen LogP contribution in [0, 0.1) is 0 Å². The second kappa shape index (κ2) is 9.04. The fraction of sp³-hybridized carbons (Fsp3) is 0.500. The van der Waals surface area contributed by atoms with E-state index in [4.69, 9.17) is 14.5 Å². The summed E-state index contributed by atoms with van der Waals surface area (Å²) in [4.78, 5) is 40.3. The van der Waals surface area contributed by atoms with Crippen LogP contribution in [0.1, 0.15) is 13.2 Å². The van der Waals surface area contributed by atoms with Gasteiger partial charge in [0.1, 0.15) is 30.2 Å². The molecule has 0 spiro atoms. The number of ether oxygens (including phenoxy) is 1. The Morgan fingerprint density at radius 1 is 1.11 bits per heavy atom. The molecule has 2 aliphatic heterocycles. The van der Waals surface area contributed by atoms with Crippen molar-refractivity contribution in [1.29, 1.82) is 0 Å². The molecule has 1 fully saturated rings. The predicted molar refractivity (Wildman–Crippen MR) is 113 cm³/mol. The molecule has 0 aromatic carbocycles. The summed E-state index contributed by atoms with van der Waals surface area (Å²) in [6, 6.07) is 1.73. The van der Waals surface area contributed by atoms with Gasteiger partial charge < -0.3 is 34.5 Å². The first-order valence-electron chi connectivity index (χ1n) is 9.59. The monoisotopic (exact) mass is 560 g/mol. The number of imidazole rings is 1. The van der Waals surface area contributed by atoms with Crippen molar-refractivity contribution in [3.63, 3.8) is 0 Å². The van der Waals surface area contributed by atoms with E-state index in [1.54, 1.807) is 35.9 Å². The number of rotatable bonds is 8. The van der Waals surface area contributed by atoms with Crippen molar-refractivity contribution < 1.29 is 65.9 Å². The summed E-state index contributed by atoms with van der Waals surface area (Å²) in [5, 5.41) is 27.0. The zero-order chi connectivity index (χ0) is 25.9. The zero-order valence-corrected chi connectivity index (χ0v) is 20.6. The van der Waals surface area contributed by atoms with Crippen molar-refractivity contribution in [2.24, 2.45) is 5.10 Å². The third kappa shape index (κ3) is 5.40. The standard InChI is InChI=1S/C14H20N5O13P3/c1-7-16-17(2)8-3-4-15-13-10(8)18(7)6-19(13)14-12(21)11(20)9(30-14)5-29-34(25,26)32-35(27,28)31-33(22,23)24/h3-4,6,9,11-12,14,20-21H,5H2,1-2H3,(H3-,22,23,24,25,26,27,28)/p+1. The minimum absolute atomic E-state index is 0.369. The first-order chi connectivity index (χ1) is 16.1. The highest BCUT2D eigenvalue weighted by molar-refractivity contribution is 7.66. The van der Waals surface area contributed by atoms with Crippen LogP contribution in [-0.2, 0) is 31.6 Å². The molecule has 6 unspecified atom stereocenters. The fourth-order valence-corrected chi connectivity index (χ4v) is 6.70. The molecule has 0 aliphatic carbocycles. The van der Waals surface area contributed by atoms with Gasteiger partial charge in [-0.15, -0.1) is 10.1 Å². The fourth-order valence-electron chi connectivity index (χ4n) is 3.67. The quantitative estimate of drug-likeness (QED) is 0.166. The number of hydrogen-bond acceptors (Lipinski definition) is 12. The number of anilines is 1. The molecule has 35 heavy (non-hydrogen) atoms. The molecule has 6 N–H and O–H groups in total. The molecule has 194 valence electrons. The zero-order valence-electron chi connectivity index (χ0n) is 17.9. The Morgan fingerprint density at radius 2 is 1.80 bits per heavy atom. The van der Waals surface area contributed by atoms with Gasteiger partial charge in [0, 0.05) is 20.0 Å². The molecule has 2 aromatic rings. The van der Waals surface area contributed by atoms with Crippen LogP contribution in [0.4, 0.5) is 5.69 Å². The lowest BCUT2D eigenvalue weighted by atomic mass is 10.1. The molecule has 0 saturated carbocycles. The largest absolute Gasteiger partial charge is 0.490 e. The number of phosphoric acid groups is 3. The van der Waals surface area contributed by atoms with E-state index in [9.17, 15) is 33.7 Å². The Hall–Kier alpha value is -1.62. The topological polar surface area (TPSA) is 247 Å². The van der Waals surface area contributed by atoms with Crippen molar-refractivity contribution in [1.82, 2.24) is 9.55 Å².